The first-order valence-corrected chi connectivity index (χ1v) is 6.12. The summed E-state index contributed by atoms with van der Waals surface area (Å²) in [5, 5.41) is 0. The van der Waals surface area contributed by atoms with E-state index in [1.807, 2.05) is 0 Å². The van der Waals surface area contributed by atoms with E-state index < -0.39 is 5.82 Å². The molecule has 0 aliphatic rings. The van der Waals surface area contributed by atoms with Crippen LogP contribution in [0.2, 0.25) is 0 Å². The Morgan fingerprint density at radius 1 is 1.28 bits per heavy atom. The van der Waals surface area contributed by atoms with Crippen LogP contribution in [0.5, 0.6) is 0 Å². The smallest absolute Gasteiger partial charge is 0.166 e. The van der Waals surface area contributed by atoms with Gasteiger partial charge in [-0.3, -0.25) is 0 Å². The molecular formula is C13H11BrF2N2. The zero-order chi connectivity index (χ0) is 13.1. The molecule has 94 valence electrons. The van der Waals surface area contributed by atoms with Crippen molar-refractivity contribution >= 4 is 21.7 Å². The highest BCUT2D eigenvalue weighted by molar-refractivity contribution is 9.10. The van der Waals surface area contributed by atoms with Gasteiger partial charge in [0.15, 0.2) is 11.6 Å². The van der Waals surface area contributed by atoms with E-state index in [1.165, 1.54) is 24.4 Å². The van der Waals surface area contributed by atoms with Crippen LogP contribution in [0, 0.1) is 11.6 Å². The highest BCUT2D eigenvalue weighted by Gasteiger charge is 2.10. The molecule has 0 aliphatic heterocycles. The van der Waals surface area contributed by atoms with Crippen LogP contribution in [-0.4, -0.2) is 12.0 Å². The Morgan fingerprint density at radius 3 is 2.72 bits per heavy atom. The van der Waals surface area contributed by atoms with Crippen LogP contribution >= 0.6 is 15.9 Å². The Morgan fingerprint density at radius 2 is 2.06 bits per heavy atom. The largest absolute Gasteiger partial charge is 0.353 e. The van der Waals surface area contributed by atoms with Gasteiger partial charge in [0.25, 0.3) is 0 Å². The van der Waals surface area contributed by atoms with Gasteiger partial charge in [-0.2, -0.15) is 0 Å². The summed E-state index contributed by atoms with van der Waals surface area (Å²) < 4.78 is 27.3. The van der Waals surface area contributed by atoms with Crippen LogP contribution < -0.4 is 4.90 Å². The van der Waals surface area contributed by atoms with Crippen molar-refractivity contribution in [3.8, 4) is 0 Å². The number of benzene rings is 1. The van der Waals surface area contributed by atoms with Crippen molar-refractivity contribution < 1.29 is 8.78 Å². The van der Waals surface area contributed by atoms with Crippen molar-refractivity contribution in [3.63, 3.8) is 0 Å². The van der Waals surface area contributed by atoms with Crippen molar-refractivity contribution in [1.29, 1.82) is 0 Å². The van der Waals surface area contributed by atoms with Gasteiger partial charge in [-0.25, -0.2) is 13.8 Å². The highest BCUT2D eigenvalue weighted by atomic mass is 79.9. The van der Waals surface area contributed by atoms with Gasteiger partial charge in [0.05, 0.1) is 0 Å². The molecule has 0 radical (unpaired) electrons. The predicted molar refractivity (Wildman–Crippen MR) is 70.4 cm³/mol. The third kappa shape index (κ3) is 3.04. The number of nitrogens with zero attached hydrogens (tertiary/aromatic N) is 2. The molecule has 18 heavy (non-hydrogen) atoms. The van der Waals surface area contributed by atoms with Crippen molar-refractivity contribution in [1.82, 2.24) is 4.98 Å². The zero-order valence-corrected chi connectivity index (χ0v) is 11.3. The summed E-state index contributed by atoms with van der Waals surface area (Å²) in [6.07, 6.45) is 1.53. The quantitative estimate of drug-likeness (QED) is 0.858. The van der Waals surface area contributed by atoms with E-state index in [9.17, 15) is 8.78 Å². The second-order valence-electron chi connectivity index (χ2n) is 3.94. The molecule has 2 rings (SSSR count). The molecule has 0 saturated heterocycles. The van der Waals surface area contributed by atoms with Crippen molar-refractivity contribution in [2.75, 3.05) is 11.9 Å². The van der Waals surface area contributed by atoms with E-state index >= 15 is 0 Å². The van der Waals surface area contributed by atoms with Gasteiger partial charge in [-0.1, -0.05) is 12.1 Å². The van der Waals surface area contributed by atoms with Crippen molar-refractivity contribution in [2.45, 2.75) is 6.54 Å². The Balaban J connectivity index is 2.19. The highest BCUT2D eigenvalue weighted by Crippen LogP contribution is 2.20. The fourth-order valence-electron chi connectivity index (χ4n) is 1.67. The molecule has 0 N–H and O–H groups in total. The summed E-state index contributed by atoms with van der Waals surface area (Å²) in [5.41, 5.74) is 0.765. The molecule has 0 aliphatic carbocycles. The average molecular weight is 313 g/mol. The van der Waals surface area contributed by atoms with Gasteiger partial charge >= 0.3 is 0 Å². The number of hydrogen-bond acceptors (Lipinski definition) is 2. The lowest BCUT2D eigenvalue weighted by Crippen LogP contribution is -2.19. The molecule has 1 heterocycles. The number of hydrogen-bond donors (Lipinski definition) is 0. The van der Waals surface area contributed by atoms with E-state index in [2.05, 4.69) is 20.9 Å². The molecule has 2 nitrogen and oxygen atoms in total. The van der Waals surface area contributed by atoms with Gasteiger partial charge in [-0.05, 0) is 39.7 Å². The summed E-state index contributed by atoms with van der Waals surface area (Å²) in [5.74, 6) is -0.476. The lowest BCUT2D eigenvalue weighted by Gasteiger charge is -2.18. The third-order valence-electron chi connectivity index (χ3n) is 2.46. The minimum Gasteiger partial charge on any atom is -0.353 e. The first kappa shape index (κ1) is 13.0. The number of anilines is 1. The third-order valence-corrected chi connectivity index (χ3v) is 2.89. The molecule has 1 aromatic heterocycles. The maximum absolute atomic E-state index is 13.7. The maximum Gasteiger partial charge on any atom is 0.166 e. The zero-order valence-electron chi connectivity index (χ0n) is 9.70. The summed E-state index contributed by atoms with van der Waals surface area (Å²) in [7, 11) is 1.71. The lowest BCUT2D eigenvalue weighted by atomic mass is 10.2. The summed E-state index contributed by atoms with van der Waals surface area (Å²) in [4.78, 5) is 5.64. The monoisotopic (exact) mass is 312 g/mol. The van der Waals surface area contributed by atoms with Gasteiger partial charge in [0.2, 0.25) is 0 Å². The maximum atomic E-state index is 13.7. The molecule has 0 amide bonds. The number of rotatable bonds is 3. The Hall–Kier alpha value is -1.49. The average Bonchev–Trinajstić information content (AvgIpc) is 2.28. The van der Waals surface area contributed by atoms with Gasteiger partial charge in [0.1, 0.15) is 5.82 Å². The SMILES string of the molecule is CN(Cc1cccc(F)c1)c1ncc(Br)cc1F. The molecule has 2 aromatic rings. The van der Waals surface area contributed by atoms with Gasteiger partial charge in [0, 0.05) is 24.3 Å². The molecule has 0 unspecified atom stereocenters. The molecule has 5 heteroatoms. The first-order chi connectivity index (χ1) is 8.56. The minimum absolute atomic E-state index is 0.238. The molecule has 0 atom stereocenters. The van der Waals surface area contributed by atoms with Crippen LogP contribution in [0.4, 0.5) is 14.6 Å². The molecule has 0 saturated carbocycles. The van der Waals surface area contributed by atoms with Crippen LogP contribution in [0.3, 0.4) is 0 Å². The second-order valence-corrected chi connectivity index (χ2v) is 4.86. The van der Waals surface area contributed by atoms with Crippen molar-refractivity contribution in [3.05, 3.63) is 58.2 Å². The van der Waals surface area contributed by atoms with Crippen LogP contribution in [0.15, 0.2) is 41.0 Å². The second kappa shape index (κ2) is 5.44. The summed E-state index contributed by atoms with van der Waals surface area (Å²) in [6.45, 7) is 0.392. The molecule has 1 aromatic carbocycles. The predicted octanol–water partition coefficient (Wildman–Crippen LogP) is 3.76. The van der Waals surface area contributed by atoms with Crippen molar-refractivity contribution in [2.24, 2.45) is 0 Å². The van der Waals surface area contributed by atoms with E-state index in [0.29, 0.717) is 11.0 Å². The number of pyridine rings is 1. The molecule has 0 spiro atoms. The fourth-order valence-corrected chi connectivity index (χ4v) is 1.98. The Kier molecular flexibility index (Phi) is 3.91. The van der Waals surface area contributed by atoms with Gasteiger partial charge < -0.3 is 4.90 Å². The standard InChI is InChI=1S/C13H11BrF2N2/c1-18(8-9-3-2-4-11(15)5-9)13-12(16)6-10(14)7-17-13/h2-7H,8H2,1H3. The minimum atomic E-state index is -0.414. The topological polar surface area (TPSA) is 16.1 Å². The summed E-state index contributed by atoms with van der Waals surface area (Å²) >= 11 is 3.15. The van der Waals surface area contributed by atoms with Gasteiger partial charge in [-0.15, -0.1) is 0 Å². The molecular weight excluding hydrogens is 302 g/mol. The Bertz CT molecular complexity index is 560. The van der Waals surface area contributed by atoms with Crippen LogP contribution in [0.25, 0.3) is 0 Å². The fraction of sp³-hybridized carbons (Fsp3) is 0.154. The molecule has 0 fully saturated rings. The number of halogens is 3. The van der Waals surface area contributed by atoms with Crippen LogP contribution in [-0.2, 0) is 6.54 Å². The van der Waals surface area contributed by atoms with Crippen LogP contribution in [0.1, 0.15) is 5.56 Å². The Labute approximate surface area is 112 Å². The molecule has 0 bridgehead atoms. The van der Waals surface area contributed by atoms with E-state index in [1.54, 1.807) is 24.1 Å². The van der Waals surface area contributed by atoms with E-state index in [0.717, 1.165) is 5.56 Å². The first-order valence-electron chi connectivity index (χ1n) is 5.33. The number of aromatic nitrogens is 1. The normalized spacial score (nSPS) is 10.4. The summed E-state index contributed by atoms with van der Waals surface area (Å²) in [6, 6.07) is 7.57. The van der Waals surface area contributed by atoms with E-state index in [4.69, 9.17) is 0 Å². The lowest BCUT2D eigenvalue weighted by molar-refractivity contribution is 0.612. The van der Waals surface area contributed by atoms with E-state index in [-0.39, 0.29) is 11.6 Å².